The van der Waals surface area contributed by atoms with Crippen molar-refractivity contribution in [1.29, 1.82) is 0 Å². The van der Waals surface area contributed by atoms with Crippen molar-refractivity contribution in [1.82, 2.24) is 19.5 Å². The first-order valence-corrected chi connectivity index (χ1v) is 14.4. The summed E-state index contributed by atoms with van der Waals surface area (Å²) < 4.78 is 73.8. The van der Waals surface area contributed by atoms with Crippen molar-refractivity contribution in [2.45, 2.75) is 44.6 Å². The number of carbonyl (C=O) groups is 2. The normalized spacial score (nSPS) is 15.0. The van der Waals surface area contributed by atoms with Crippen LogP contribution in [-0.2, 0) is 35.4 Å². The average Bonchev–Trinajstić information content (AvgIpc) is 3.37. The molecule has 1 aliphatic rings. The molecule has 13 nitrogen and oxygen atoms in total. The molecule has 1 fully saturated rings. The molecule has 3 aromatic rings. The first-order valence-electron chi connectivity index (χ1n) is 12.9. The molecule has 1 unspecified atom stereocenters. The average molecular weight is 625 g/mol. The molecular formula is C26H27F3N6O7S. The summed E-state index contributed by atoms with van der Waals surface area (Å²) in [4.78, 5) is 28.2. The van der Waals surface area contributed by atoms with Gasteiger partial charge in [0.05, 0.1) is 40.3 Å². The number of nitrogens with one attached hydrogen (secondary N) is 1. The van der Waals surface area contributed by atoms with Gasteiger partial charge in [0.1, 0.15) is 0 Å². The summed E-state index contributed by atoms with van der Waals surface area (Å²) in [5, 5.41) is 20.0. The van der Waals surface area contributed by atoms with Crippen molar-refractivity contribution in [2.75, 3.05) is 13.1 Å². The number of carbonyl (C=O) groups excluding carboxylic acids is 2. The van der Waals surface area contributed by atoms with Crippen LogP contribution in [-0.4, -0.2) is 59.4 Å². The van der Waals surface area contributed by atoms with E-state index in [1.54, 1.807) is 31.2 Å². The Hall–Kier alpha value is -4.67. The molecule has 4 rings (SSSR count). The van der Waals surface area contributed by atoms with Crippen LogP contribution in [0.1, 0.15) is 31.5 Å². The molecule has 17 heteroatoms. The number of rotatable bonds is 10. The molecule has 1 aliphatic heterocycles. The van der Waals surface area contributed by atoms with Crippen LogP contribution in [0.4, 0.5) is 13.2 Å². The Bertz CT molecular complexity index is 1620. The lowest BCUT2D eigenvalue weighted by Gasteiger charge is -2.32. The van der Waals surface area contributed by atoms with E-state index in [4.69, 9.17) is 9.57 Å². The van der Waals surface area contributed by atoms with Crippen LogP contribution in [0, 0.1) is 18.0 Å². The third kappa shape index (κ3) is 7.40. The smallest absolute Gasteiger partial charge is 0.435 e. The molecule has 2 heterocycles. The Morgan fingerprint density at radius 1 is 1.16 bits per heavy atom. The van der Waals surface area contributed by atoms with Crippen molar-refractivity contribution >= 4 is 21.9 Å². The number of esters is 1. The van der Waals surface area contributed by atoms with Crippen LogP contribution in [0.15, 0.2) is 64.8 Å². The maximum atomic E-state index is 13.5. The molecule has 1 aromatic heterocycles. The second kappa shape index (κ2) is 12.3. The summed E-state index contributed by atoms with van der Waals surface area (Å²) >= 11 is 0. The highest BCUT2D eigenvalue weighted by atomic mass is 32.2. The molecule has 0 saturated carbocycles. The van der Waals surface area contributed by atoms with Crippen molar-refractivity contribution in [3.8, 4) is 16.9 Å². The fourth-order valence-corrected chi connectivity index (χ4v) is 4.94. The second-order valence-electron chi connectivity index (χ2n) is 9.57. The third-order valence-electron chi connectivity index (χ3n) is 6.30. The molecular weight excluding hydrogens is 597 g/mol. The van der Waals surface area contributed by atoms with Crippen LogP contribution >= 0.6 is 0 Å². The predicted octanol–water partition coefficient (Wildman–Crippen LogP) is 3.71. The van der Waals surface area contributed by atoms with E-state index >= 15 is 0 Å². The molecule has 230 valence electrons. The van der Waals surface area contributed by atoms with Gasteiger partial charge in [-0.25, -0.2) is 17.8 Å². The number of amides is 1. The topological polar surface area (TPSA) is 158 Å². The Morgan fingerprint density at radius 2 is 1.79 bits per heavy atom. The number of benzene rings is 2. The monoisotopic (exact) mass is 624 g/mol. The molecule has 2 aromatic carbocycles. The van der Waals surface area contributed by atoms with Crippen LogP contribution in [0.5, 0.6) is 0 Å². The third-order valence-corrected chi connectivity index (χ3v) is 7.66. The van der Waals surface area contributed by atoms with Gasteiger partial charge in [-0.05, 0) is 37.3 Å². The molecule has 1 saturated heterocycles. The molecule has 0 radical (unpaired) electrons. The van der Waals surface area contributed by atoms with Crippen molar-refractivity contribution in [2.24, 2.45) is 11.2 Å². The molecule has 0 aliphatic carbocycles. The van der Waals surface area contributed by atoms with Gasteiger partial charge in [-0.2, -0.15) is 18.3 Å². The maximum Gasteiger partial charge on any atom is 0.435 e. The van der Waals surface area contributed by atoms with Crippen LogP contribution in [0.3, 0.4) is 0 Å². The van der Waals surface area contributed by atoms with Gasteiger partial charge in [0, 0.05) is 18.9 Å². The number of hydrazine groups is 1. The fourth-order valence-electron chi connectivity index (χ4n) is 3.90. The van der Waals surface area contributed by atoms with Crippen molar-refractivity contribution < 1.29 is 45.7 Å². The number of hydrogen-bond donors (Lipinski definition) is 1. The van der Waals surface area contributed by atoms with Gasteiger partial charge in [-0.15, -0.1) is 5.01 Å². The van der Waals surface area contributed by atoms with Gasteiger partial charge >= 0.3 is 12.1 Å². The van der Waals surface area contributed by atoms with E-state index in [2.05, 4.69) is 10.4 Å². The Morgan fingerprint density at radius 3 is 2.37 bits per heavy atom. The van der Waals surface area contributed by atoms with Gasteiger partial charge in [0.15, 0.2) is 5.69 Å². The fraction of sp³-hybridized carbons (Fsp3) is 0.346. The standard InChI is InChI=1S/C26H27F3N6O7S/c1-4-24(36)41-17(3)42-32-35(38)33-14-19(15-33)25(37)31-43(39,40)21-11-9-20(10-12-21)34-22(13-23(30-34)26(27,28)29)18-7-5-16(2)6-8-18/h5-13,17,19H,4,14-15H2,1-3H3,(H,31,37)/b35-32-. The van der Waals surface area contributed by atoms with Crippen LogP contribution in [0.2, 0.25) is 0 Å². The molecule has 1 amide bonds. The number of halogens is 3. The van der Waals surface area contributed by atoms with Gasteiger partial charge in [0.25, 0.3) is 16.3 Å². The number of alkyl halides is 3. The zero-order valence-electron chi connectivity index (χ0n) is 23.1. The van der Waals surface area contributed by atoms with Gasteiger partial charge in [-0.3, -0.25) is 14.4 Å². The second-order valence-corrected chi connectivity index (χ2v) is 11.3. The highest BCUT2D eigenvalue weighted by molar-refractivity contribution is 7.90. The predicted molar refractivity (Wildman–Crippen MR) is 142 cm³/mol. The van der Waals surface area contributed by atoms with E-state index in [1.165, 1.54) is 19.1 Å². The van der Waals surface area contributed by atoms with Gasteiger partial charge in [0.2, 0.25) is 11.2 Å². The number of hydrogen-bond acceptors (Lipinski definition) is 9. The SMILES string of the molecule is CCC(=O)OC(C)O/N=[N+](\[O-])N1CC(C(=O)NS(=O)(=O)c2ccc(-n3nc(C(F)(F)F)cc3-c3ccc(C)cc3)cc2)C1. The molecule has 1 N–H and O–H groups in total. The van der Waals surface area contributed by atoms with E-state index in [0.717, 1.165) is 33.5 Å². The number of aromatic nitrogens is 2. The Balaban J connectivity index is 1.42. The zero-order chi connectivity index (χ0) is 31.5. The summed E-state index contributed by atoms with van der Waals surface area (Å²) in [7, 11) is -4.35. The minimum atomic E-state index is -4.71. The maximum absolute atomic E-state index is 13.5. The van der Waals surface area contributed by atoms with E-state index in [9.17, 15) is 36.4 Å². The van der Waals surface area contributed by atoms with Crippen LogP contribution < -0.4 is 4.72 Å². The lowest BCUT2D eigenvalue weighted by atomic mass is 10.0. The molecule has 0 bridgehead atoms. The zero-order valence-corrected chi connectivity index (χ0v) is 23.9. The summed E-state index contributed by atoms with van der Waals surface area (Å²) in [5.74, 6) is -2.29. The summed E-state index contributed by atoms with van der Waals surface area (Å²) in [6.45, 7) is 4.44. The lowest BCUT2D eigenvalue weighted by molar-refractivity contribution is -0.727. The van der Waals surface area contributed by atoms with Crippen molar-refractivity contribution in [3.63, 3.8) is 0 Å². The molecule has 43 heavy (non-hydrogen) atoms. The Labute approximate surface area is 244 Å². The first kappa shape index (κ1) is 31.3. The molecule has 1 atom stereocenters. The van der Waals surface area contributed by atoms with Crippen LogP contribution in [0.25, 0.3) is 16.9 Å². The first-order chi connectivity index (χ1) is 20.2. The van der Waals surface area contributed by atoms with E-state index in [0.29, 0.717) is 5.56 Å². The number of aryl methyl sites for hydroxylation is 1. The quantitative estimate of drug-likeness (QED) is 0.117. The summed E-state index contributed by atoms with van der Waals surface area (Å²) in [6, 6.07) is 12.5. The molecule has 0 spiro atoms. The summed E-state index contributed by atoms with van der Waals surface area (Å²) in [6.07, 6.45) is -5.72. The lowest BCUT2D eigenvalue weighted by Crippen LogP contribution is -2.56. The largest absolute Gasteiger partial charge is 0.569 e. The highest BCUT2D eigenvalue weighted by Gasteiger charge is 2.40. The van der Waals surface area contributed by atoms with E-state index in [-0.39, 0.29) is 40.8 Å². The van der Waals surface area contributed by atoms with Crippen molar-refractivity contribution in [3.05, 3.63) is 71.1 Å². The Kier molecular flexibility index (Phi) is 8.93. The number of ether oxygens (including phenoxy) is 1. The van der Waals surface area contributed by atoms with E-state index in [1.807, 2.05) is 11.6 Å². The number of nitrogens with zero attached hydrogens (tertiary/aromatic N) is 5. The number of sulfonamides is 1. The van der Waals surface area contributed by atoms with E-state index < -0.39 is 46.0 Å². The van der Waals surface area contributed by atoms with Gasteiger partial charge < -0.3 is 9.94 Å². The summed E-state index contributed by atoms with van der Waals surface area (Å²) in [5.41, 5.74) is 0.565. The highest BCUT2D eigenvalue weighted by Crippen LogP contribution is 2.33. The minimum absolute atomic E-state index is 0.0532. The van der Waals surface area contributed by atoms with Gasteiger partial charge in [-0.1, -0.05) is 36.8 Å². The minimum Gasteiger partial charge on any atom is -0.569 e.